The molecule has 0 bridgehead atoms. The van der Waals surface area contributed by atoms with Gasteiger partial charge >= 0.3 is 0 Å². The average molecular weight is 633 g/mol. The third-order valence-corrected chi connectivity index (χ3v) is 10.7. The Balaban J connectivity index is 1.31. The van der Waals surface area contributed by atoms with E-state index >= 15 is 0 Å². The smallest absolute Gasteiger partial charge is 0.208 e. The van der Waals surface area contributed by atoms with Gasteiger partial charge in [0.1, 0.15) is 0 Å². The van der Waals surface area contributed by atoms with Crippen LogP contribution in [0.15, 0.2) is 146 Å². The van der Waals surface area contributed by atoms with E-state index in [1.165, 1.54) is 43.8 Å². The van der Waals surface area contributed by atoms with Crippen molar-refractivity contribution in [2.24, 2.45) is 0 Å². The van der Waals surface area contributed by atoms with Crippen molar-refractivity contribution in [1.82, 2.24) is 9.13 Å². The molecule has 0 radical (unpaired) electrons. The second-order valence-corrected chi connectivity index (χ2v) is 13.1. The lowest BCUT2D eigenvalue weighted by atomic mass is 9.99. The molecular weight excluding hydrogens is 609 g/mol. The molecule has 0 N–H and O–H groups in total. The number of hydrogen-bond acceptors (Lipinski definition) is 1. The minimum Gasteiger partial charge on any atom is -0.310 e. The van der Waals surface area contributed by atoms with Crippen molar-refractivity contribution in [3.8, 4) is 39.7 Å². The Labute approximate surface area is 286 Å². The number of benzene rings is 8. The summed E-state index contributed by atoms with van der Waals surface area (Å²) in [6.45, 7) is 8.32. The van der Waals surface area contributed by atoms with Crippen LogP contribution in [-0.4, -0.2) is 9.13 Å². The normalized spacial score (nSPS) is 12.0. The molecule has 0 spiro atoms. The van der Waals surface area contributed by atoms with Crippen molar-refractivity contribution in [3.63, 3.8) is 0 Å². The zero-order valence-electron chi connectivity index (χ0n) is 26.6. The van der Waals surface area contributed by atoms with Crippen molar-refractivity contribution in [2.45, 2.75) is 0 Å². The van der Waals surface area contributed by atoms with Gasteiger partial charge in [-0.2, -0.15) is 5.26 Å². The summed E-state index contributed by atoms with van der Waals surface area (Å²) in [4.78, 5) is 3.98. The second kappa shape index (κ2) is 9.70. The van der Waals surface area contributed by atoms with Crippen molar-refractivity contribution in [2.75, 3.05) is 0 Å². The summed E-state index contributed by atoms with van der Waals surface area (Å²) in [6, 6.07) is 53.7. The first-order valence-electron chi connectivity index (χ1n) is 16.7. The molecule has 0 unspecified atom stereocenters. The van der Waals surface area contributed by atoms with Crippen LogP contribution in [0.5, 0.6) is 0 Å². The third-order valence-electron chi connectivity index (χ3n) is 10.7. The van der Waals surface area contributed by atoms with E-state index in [0.29, 0.717) is 16.9 Å². The Morgan fingerprint density at radius 2 is 1.16 bits per heavy atom. The van der Waals surface area contributed by atoms with Gasteiger partial charge in [-0.15, -0.1) is 0 Å². The molecule has 10 aromatic rings. The lowest BCUT2D eigenvalue weighted by molar-refractivity contribution is 1.13. The fourth-order valence-electron chi connectivity index (χ4n) is 8.70. The van der Waals surface area contributed by atoms with E-state index in [1.807, 2.05) is 6.07 Å². The molecule has 0 atom stereocenters. The van der Waals surface area contributed by atoms with Gasteiger partial charge in [-0.3, -0.25) is 0 Å². The zero-order valence-corrected chi connectivity index (χ0v) is 26.6. The Morgan fingerprint density at radius 3 is 1.96 bits per heavy atom. The van der Waals surface area contributed by atoms with Crippen LogP contribution in [0.1, 0.15) is 5.56 Å². The molecular formula is C46H24N4. The van der Waals surface area contributed by atoms with Crippen LogP contribution in [0.3, 0.4) is 0 Å². The number of hydrogen-bond donors (Lipinski definition) is 0. The van der Waals surface area contributed by atoms with Crippen molar-refractivity contribution >= 4 is 70.8 Å². The molecule has 4 heteroatoms. The molecule has 11 rings (SSSR count). The van der Waals surface area contributed by atoms with Gasteiger partial charge in [-0.05, 0) is 74.8 Å². The number of para-hydroxylation sites is 2. The van der Waals surface area contributed by atoms with E-state index < -0.39 is 0 Å². The maximum Gasteiger partial charge on any atom is 0.208 e. The molecule has 8 aromatic carbocycles. The molecule has 0 aliphatic heterocycles. The summed E-state index contributed by atoms with van der Waals surface area (Å²) >= 11 is 0. The molecule has 1 aliphatic carbocycles. The quantitative estimate of drug-likeness (QED) is 0.175. The van der Waals surface area contributed by atoms with Gasteiger partial charge in [0.25, 0.3) is 0 Å². The van der Waals surface area contributed by atoms with Crippen LogP contribution in [0.4, 0.5) is 5.69 Å². The highest BCUT2D eigenvalue weighted by atomic mass is 15.0. The van der Waals surface area contributed by atoms with Gasteiger partial charge in [0.05, 0.1) is 46.0 Å². The number of nitrogens with zero attached hydrogens (tertiary/aromatic N) is 4. The van der Waals surface area contributed by atoms with E-state index in [0.717, 1.165) is 49.3 Å². The molecule has 2 heterocycles. The van der Waals surface area contributed by atoms with Crippen molar-refractivity contribution in [1.29, 1.82) is 5.26 Å². The number of nitriles is 1. The fraction of sp³-hybridized carbons (Fsp3) is 0. The van der Waals surface area contributed by atoms with E-state index in [2.05, 4.69) is 160 Å². The number of aromatic nitrogens is 2. The Hall–Kier alpha value is -7.14. The van der Waals surface area contributed by atoms with E-state index in [4.69, 9.17) is 6.57 Å². The standard InChI is InChI=1S/C46H24N4/c1-48-39-23-28(49-41-20-9-7-16-34(41)45-29-12-3-2-11-27(29)21-22-42(45)49)24-43(38(39)26-47)50-40-19-8-6-15-32(40)37-25-36-31-14-5-4-13-30(31)33-17-10-18-35(44(33)36)46(37)50/h2-25H. The van der Waals surface area contributed by atoms with E-state index in [1.54, 1.807) is 0 Å². The van der Waals surface area contributed by atoms with Crippen LogP contribution < -0.4 is 0 Å². The van der Waals surface area contributed by atoms with Crippen LogP contribution >= 0.6 is 0 Å². The first kappa shape index (κ1) is 26.9. The van der Waals surface area contributed by atoms with Gasteiger partial charge in [0.15, 0.2) is 0 Å². The predicted molar refractivity (Wildman–Crippen MR) is 206 cm³/mol. The molecule has 50 heavy (non-hydrogen) atoms. The predicted octanol–water partition coefficient (Wildman–Crippen LogP) is 12.3. The highest BCUT2D eigenvalue weighted by Crippen LogP contribution is 2.51. The Bertz CT molecular complexity index is 3230. The first-order chi connectivity index (χ1) is 24.7. The minimum absolute atomic E-state index is 0.330. The van der Waals surface area contributed by atoms with Gasteiger partial charge in [0, 0.05) is 32.6 Å². The van der Waals surface area contributed by atoms with Crippen LogP contribution in [0.25, 0.3) is 104 Å². The van der Waals surface area contributed by atoms with E-state index in [-0.39, 0.29) is 0 Å². The fourth-order valence-corrected chi connectivity index (χ4v) is 8.70. The molecule has 4 nitrogen and oxygen atoms in total. The molecule has 228 valence electrons. The summed E-state index contributed by atoms with van der Waals surface area (Å²) in [6.07, 6.45) is 0. The topological polar surface area (TPSA) is 38.0 Å². The highest BCUT2D eigenvalue weighted by molar-refractivity contribution is 6.28. The first-order valence-corrected chi connectivity index (χ1v) is 16.7. The lowest BCUT2D eigenvalue weighted by Gasteiger charge is -2.17. The highest BCUT2D eigenvalue weighted by Gasteiger charge is 2.27. The lowest BCUT2D eigenvalue weighted by Crippen LogP contribution is -2.02. The molecule has 2 aromatic heterocycles. The van der Waals surface area contributed by atoms with Crippen LogP contribution in [0.2, 0.25) is 0 Å². The van der Waals surface area contributed by atoms with Crippen LogP contribution in [0, 0.1) is 17.9 Å². The molecule has 0 amide bonds. The molecule has 0 fully saturated rings. The summed E-state index contributed by atoms with van der Waals surface area (Å²) in [7, 11) is 0. The SMILES string of the molecule is [C-]#[N+]c1cc(-n2c3ccccc3c3c4ccccc4ccc32)cc(-n2c3ccccc3c3cc4c5c(cccc5c32)-c2ccccc2-4)c1C#N. The molecule has 0 saturated heterocycles. The second-order valence-electron chi connectivity index (χ2n) is 13.1. The molecule has 1 aliphatic rings. The summed E-state index contributed by atoms with van der Waals surface area (Å²) < 4.78 is 4.49. The van der Waals surface area contributed by atoms with E-state index in [9.17, 15) is 5.26 Å². The maximum absolute atomic E-state index is 10.8. The average Bonchev–Trinajstić information content (AvgIpc) is 3.81. The summed E-state index contributed by atoms with van der Waals surface area (Å²) in [5.41, 5.74) is 11.3. The van der Waals surface area contributed by atoms with Gasteiger partial charge in [-0.25, -0.2) is 4.85 Å². The Kier molecular flexibility index (Phi) is 5.22. The zero-order chi connectivity index (χ0) is 33.1. The number of rotatable bonds is 2. The summed E-state index contributed by atoms with van der Waals surface area (Å²) in [5.74, 6) is 0. The number of fused-ring (bicyclic) bond motifs is 12. The maximum atomic E-state index is 10.8. The molecule has 0 saturated carbocycles. The van der Waals surface area contributed by atoms with Gasteiger partial charge < -0.3 is 9.13 Å². The largest absolute Gasteiger partial charge is 0.310 e. The van der Waals surface area contributed by atoms with Crippen molar-refractivity contribution < 1.29 is 0 Å². The summed E-state index contributed by atoms with van der Waals surface area (Å²) in [5, 5.41) is 20.0. The van der Waals surface area contributed by atoms with Gasteiger partial charge in [-0.1, -0.05) is 109 Å². The van der Waals surface area contributed by atoms with Crippen LogP contribution in [-0.2, 0) is 0 Å². The Morgan fingerprint density at radius 1 is 0.500 bits per heavy atom. The van der Waals surface area contributed by atoms with Crippen molar-refractivity contribution in [3.05, 3.63) is 163 Å². The van der Waals surface area contributed by atoms with Gasteiger partial charge in [0.2, 0.25) is 5.69 Å². The monoisotopic (exact) mass is 632 g/mol. The third kappa shape index (κ3) is 3.32. The minimum atomic E-state index is 0.330.